The van der Waals surface area contributed by atoms with Gasteiger partial charge in [0.25, 0.3) is 0 Å². The molecule has 0 aromatic heterocycles. The number of aromatic hydroxyl groups is 3. The monoisotopic (exact) mass is 505 g/mol. The Morgan fingerprint density at radius 2 is 0.622 bits per heavy atom. The molecule has 0 aliphatic rings. The average Bonchev–Trinajstić information content (AvgIpc) is 2.92. The fourth-order valence-electron chi connectivity index (χ4n) is 4.33. The SMILES string of the molecule is Oc1ccc(CCc2ccc(Cc3ccc([S+](c4ccc(O)cc4)c4ccc(O)cc4)cc3)cc2)cc1. The van der Waals surface area contributed by atoms with Gasteiger partial charge in [-0.2, -0.15) is 0 Å². The molecule has 0 bridgehead atoms. The molecule has 0 radical (unpaired) electrons. The van der Waals surface area contributed by atoms with Crippen molar-refractivity contribution in [2.24, 2.45) is 0 Å². The van der Waals surface area contributed by atoms with E-state index in [0.29, 0.717) is 5.75 Å². The van der Waals surface area contributed by atoms with Gasteiger partial charge in [0, 0.05) is 0 Å². The van der Waals surface area contributed by atoms with Crippen molar-refractivity contribution in [3.05, 3.63) is 144 Å². The van der Waals surface area contributed by atoms with Crippen molar-refractivity contribution in [2.75, 3.05) is 0 Å². The van der Waals surface area contributed by atoms with Crippen LogP contribution in [0.3, 0.4) is 0 Å². The van der Waals surface area contributed by atoms with E-state index in [0.717, 1.165) is 29.1 Å². The van der Waals surface area contributed by atoms with Gasteiger partial charge in [0.15, 0.2) is 14.7 Å². The molecule has 37 heavy (non-hydrogen) atoms. The number of hydrogen-bond donors (Lipinski definition) is 3. The van der Waals surface area contributed by atoms with E-state index in [2.05, 4.69) is 48.5 Å². The Labute approximate surface area is 220 Å². The summed E-state index contributed by atoms with van der Waals surface area (Å²) in [7, 11) is -0.345. The highest BCUT2D eigenvalue weighted by Crippen LogP contribution is 2.33. The molecule has 0 aliphatic heterocycles. The molecule has 0 aliphatic carbocycles. The van der Waals surface area contributed by atoms with Gasteiger partial charge < -0.3 is 15.3 Å². The van der Waals surface area contributed by atoms with Crippen molar-refractivity contribution in [1.29, 1.82) is 0 Å². The van der Waals surface area contributed by atoms with Crippen LogP contribution in [0.1, 0.15) is 22.3 Å². The lowest BCUT2D eigenvalue weighted by Crippen LogP contribution is -2.04. The van der Waals surface area contributed by atoms with Gasteiger partial charge in [-0.25, -0.2) is 0 Å². The molecule has 3 nitrogen and oxygen atoms in total. The summed E-state index contributed by atoms with van der Waals surface area (Å²) in [5.74, 6) is 0.803. The zero-order valence-electron chi connectivity index (χ0n) is 20.4. The van der Waals surface area contributed by atoms with Crippen molar-refractivity contribution in [1.82, 2.24) is 0 Å². The second kappa shape index (κ2) is 11.3. The lowest BCUT2D eigenvalue weighted by molar-refractivity contribution is 0.474. The van der Waals surface area contributed by atoms with Gasteiger partial charge >= 0.3 is 0 Å². The minimum atomic E-state index is -0.345. The van der Waals surface area contributed by atoms with E-state index >= 15 is 0 Å². The summed E-state index contributed by atoms with van der Waals surface area (Å²) in [6.45, 7) is 0. The predicted octanol–water partition coefficient (Wildman–Crippen LogP) is 7.27. The topological polar surface area (TPSA) is 60.7 Å². The summed E-state index contributed by atoms with van der Waals surface area (Å²) >= 11 is 0. The number of benzene rings is 5. The third kappa shape index (κ3) is 6.35. The van der Waals surface area contributed by atoms with Crippen molar-refractivity contribution in [3.63, 3.8) is 0 Å². The zero-order valence-corrected chi connectivity index (χ0v) is 21.2. The summed E-state index contributed by atoms with van der Waals surface area (Å²) in [6.07, 6.45) is 2.78. The van der Waals surface area contributed by atoms with E-state index in [1.807, 2.05) is 36.4 Å². The first-order valence-electron chi connectivity index (χ1n) is 12.3. The van der Waals surface area contributed by atoms with Crippen molar-refractivity contribution in [3.8, 4) is 17.2 Å². The number of aryl methyl sites for hydroxylation is 2. The minimum Gasteiger partial charge on any atom is -0.508 e. The van der Waals surface area contributed by atoms with Gasteiger partial charge in [-0.1, -0.05) is 48.5 Å². The van der Waals surface area contributed by atoms with Crippen LogP contribution in [0, 0.1) is 0 Å². The van der Waals surface area contributed by atoms with Crippen LogP contribution < -0.4 is 0 Å². The van der Waals surface area contributed by atoms with Crippen LogP contribution in [0.4, 0.5) is 0 Å². The zero-order chi connectivity index (χ0) is 25.6. The molecular weight excluding hydrogens is 476 g/mol. The Kier molecular flexibility index (Phi) is 7.48. The summed E-state index contributed by atoms with van der Waals surface area (Å²) in [5.41, 5.74) is 5.05. The summed E-state index contributed by atoms with van der Waals surface area (Å²) in [6, 6.07) is 39.7. The van der Waals surface area contributed by atoms with E-state index in [1.165, 1.54) is 27.1 Å². The van der Waals surface area contributed by atoms with E-state index in [-0.39, 0.29) is 22.4 Å². The molecule has 0 saturated heterocycles. The second-order valence-corrected chi connectivity index (χ2v) is 11.1. The molecule has 0 fully saturated rings. The molecule has 5 aromatic rings. The molecular formula is C33H29O3S+. The molecule has 0 heterocycles. The van der Waals surface area contributed by atoms with Crippen molar-refractivity contribution < 1.29 is 15.3 Å². The molecule has 5 aromatic carbocycles. The molecule has 0 atom stereocenters. The summed E-state index contributed by atoms with van der Waals surface area (Å²) in [5, 5.41) is 29.0. The van der Waals surface area contributed by atoms with Crippen LogP contribution in [0.15, 0.2) is 136 Å². The molecule has 3 N–H and O–H groups in total. The highest BCUT2D eigenvalue weighted by Gasteiger charge is 2.28. The van der Waals surface area contributed by atoms with Gasteiger partial charge in [0.1, 0.15) is 17.2 Å². The first-order chi connectivity index (χ1) is 18.0. The van der Waals surface area contributed by atoms with Crippen molar-refractivity contribution in [2.45, 2.75) is 33.9 Å². The Bertz CT molecular complexity index is 1380. The maximum Gasteiger partial charge on any atom is 0.166 e. The van der Waals surface area contributed by atoms with Gasteiger partial charge in [-0.3, -0.25) is 0 Å². The van der Waals surface area contributed by atoms with Crippen LogP contribution in [0.25, 0.3) is 0 Å². The number of rotatable bonds is 8. The lowest BCUT2D eigenvalue weighted by Gasteiger charge is -2.10. The molecule has 184 valence electrons. The smallest absolute Gasteiger partial charge is 0.166 e. The highest BCUT2D eigenvalue weighted by molar-refractivity contribution is 7.97. The molecule has 0 saturated carbocycles. The fraction of sp³-hybridized carbons (Fsp3) is 0.0909. The Hall–Kier alpha value is -4.15. The second-order valence-electron chi connectivity index (χ2n) is 9.10. The summed E-state index contributed by atoms with van der Waals surface area (Å²) in [4.78, 5) is 3.41. The van der Waals surface area contributed by atoms with Crippen molar-refractivity contribution >= 4 is 10.9 Å². The molecule has 0 spiro atoms. The van der Waals surface area contributed by atoms with Crippen LogP contribution in [-0.4, -0.2) is 15.3 Å². The van der Waals surface area contributed by atoms with E-state index in [4.69, 9.17) is 0 Å². The first-order valence-corrected chi connectivity index (χ1v) is 13.5. The normalized spacial score (nSPS) is 11.1. The Balaban J connectivity index is 1.28. The molecule has 5 rings (SSSR count). The standard InChI is InChI=1S/C33H28O3S/c34-28-11-7-25(8-12-28)2-1-24-3-5-26(6-4-24)23-27-9-17-31(18-10-27)37(32-19-13-29(35)14-20-32)33-21-15-30(36)16-22-33/h3-22H,1-2,23H2,(H2-,34,35,36)/p+1. The predicted molar refractivity (Wildman–Crippen MR) is 150 cm³/mol. The van der Waals surface area contributed by atoms with Gasteiger partial charge in [0.2, 0.25) is 0 Å². The van der Waals surface area contributed by atoms with E-state index in [1.54, 1.807) is 36.4 Å². The largest absolute Gasteiger partial charge is 0.508 e. The van der Waals surface area contributed by atoms with Gasteiger partial charge in [0.05, 0.1) is 10.9 Å². The number of phenols is 3. The maximum atomic E-state index is 9.76. The Morgan fingerprint density at radius 3 is 1.03 bits per heavy atom. The van der Waals surface area contributed by atoms with Gasteiger partial charge in [-0.15, -0.1) is 0 Å². The maximum absolute atomic E-state index is 9.76. The average molecular weight is 506 g/mol. The third-order valence-corrected chi connectivity index (χ3v) is 8.60. The first kappa shape index (κ1) is 24.5. The number of phenolic OH excluding ortho intramolecular Hbond substituents is 3. The van der Waals surface area contributed by atoms with Gasteiger partial charge in [-0.05, 0) is 114 Å². The van der Waals surface area contributed by atoms with Crippen LogP contribution in [-0.2, 0) is 30.2 Å². The fourth-order valence-corrected chi connectivity index (χ4v) is 6.37. The van der Waals surface area contributed by atoms with Crippen LogP contribution in [0.5, 0.6) is 17.2 Å². The molecule has 0 amide bonds. The minimum absolute atomic E-state index is 0.250. The quantitative estimate of drug-likeness (QED) is 0.194. The van der Waals surface area contributed by atoms with Crippen LogP contribution in [0.2, 0.25) is 0 Å². The van der Waals surface area contributed by atoms with E-state index in [9.17, 15) is 15.3 Å². The van der Waals surface area contributed by atoms with Crippen LogP contribution >= 0.6 is 0 Å². The lowest BCUT2D eigenvalue weighted by atomic mass is 10.0. The third-order valence-electron chi connectivity index (χ3n) is 6.37. The highest BCUT2D eigenvalue weighted by atomic mass is 32.2. The number of hydrogen-bond acceptors (Lipinski definition) is 3. The van der Waals surface area contributed by atoms with E-state index < -0.39 is 0 Å². The molecule has 0 unspecified atom stereocenters. The molecule has 4 heteroatoms. The summed E-state index contributed by atoms with van der Waals surface area (Å²) < 4.78 is 0. The Morgan fingerprint density at radius 1 is 0.351 bits per heavy atom.